The van der Waals surface area contributed by atoms with E-state index in [9.17, 15) is 24.3 Å². The molecule has 5 rings (SSSR count). The Morgan fingerprint density at radius 3 is 2.58 bits per heavy atom. The summed E-state index contributed by atoms with van der Waals surface area (Å²) in [5.74, 6) is -3.19. The average Bonchev–Trinajstić information content (AvgIpc) is 3.64. The number of amides is 3. The fourth-order valence-corrected chi connectivity index (χ4v) is 8.75. The fourth-order valence-electron chi connectivity index (χ4n) is 7.81. The first-order valence-electron chi connectivity index (χ1n) is 16.0. The van der Waals surface area contributed by atoms with E-state index >= 15 is 0 Å². The largest absolute Gasteiger partial charge is 0.463 e. The van der Waals surface area contributed by atoms with Crippen molar-refractivity contribution >= 4 is 39.6 Å². The molecule has 0 aromatic heterocycles. The number of aliphatic hydroxyl groups is 1. The number of allylic oxidation sites excluding steroid dienone is 1. The number of carbonyl (C=O) groups is 4. The van der Waals surface area contributed by atoms with Gasteiger partial charge < -0.3 is 29.7 Å². The van der Waals surface area contributed by atoms with E-state index in [1.165, 1.54) is 4.90 Å². The third-order valence-electron chi connectivity index (χ3n) is 9.77. The summed E-state index contributed by atoms with van der Waals surface area (Å²) < 4.78 is 12.2. The maximum Gasteiger partial charge on any atom is 0.306 e. The van der Waals surface area contributed by atoms with Crippen LogP contribution in [0.2, 0.25) is 0 Å². The zero-order valence-electron chi connectivity index (χ0n) is 25.7. The minimum atomic E-state index is -1.22. The molecule has 3 saturated heterocycles. The molecule has 10 nitrogen and oxygen atoms in total. The lowest BCUT2D eigenvalue weighted by atomic mass is 9.70. The van der Waals surface area contributed by atoms with E-state index < -0.39 is 47.5 Å². The van der Waals surface area contributed by atoms with Crippen LogP contribution in [0.5, 0.6) is 0 Å². The number of aliphatic hydroxyl groups excluding tert-OH is 1. The molecule has 3 amide bonds. The second-order valence-electron chi connectivity index (χ2n) is 12.5. The van der Waals surface area contributed by atoms with Gasteiger partial charge in [-0.25, -0.2) is 0 Å². The van der Waals surface area contributed by atoms with Gasteiger partial charge in [0.2, 0.25) is 17.7 Å². The number of hydrogen-bond acceptors (Lipinski definition) is 7. The smallest absolute Gasteiger partial charge is 0.306 e. The molecule has 2 N–H and O–H groups in total. The average molecular weight is 687 g/mol. The number of ether oxygens (including phenoxy) is 2. The molecule has 1 aromatic carbocycles. The van der Waals surface area contributed by atoms with E-state index in [0.29, 0.717) is 19.4 Å². The lowest BCUT2D eigenvalue weighted by Gasteiger charge is -2.40. The van der Waals surface area contributed by atoms with Crippen LogP contribution in [-0.4, -0.2) is 93.5 Å². The second kappa shape index (κ2) is 14.6. The SMILES string of the molecule is C=CCCC(=O)OC[C@@H](NC(=O)[C@@H]1[C@H]2O[C@@]3(CC2Br)[C@H](C(=O)N(CC=C)C2CCCCC2)N(CCO)C(=O)[C@@H]13)c1ccccc1. The quantitative estimate of drug-likeness (QED) is 0.175. The molecule has 1 aromatic rings. The molecule has 3 heterocycles. The number of halogens is 1. The minimum Gasteiger partial charge on any atom is -0.463 e. The van der Waals surface area contributed by atoms with Crippen LogP contribution in [0.25, 0.3) is 0 Å². The highest BCUT2D eigenvalue weighted by Gasteiger charge is 2.76. The predicted molar refractivity (Wildman–Crippen MR) is 171 cm³/mol. The Morgan fingerprint density at radius 1 is 1.18 bits per heavy atom. The first-order chi connectivity index (χ1) is 21.8. The number of carbonyl (C=O) groups excluding carboxylic acids is 4. The Bertz CT molecular complexity index is 1270. The number of likely N-dealkylation sites (tertiary alicyclic amines) is 1. The molecule has 3 aliphatic heterocycles. The van der Waals surface area contributed by atoms with Gasteiger partial charge >= 0.3 is 5.97 Å². The third-order valence-corrected chi connectivity index (χ3v) is 10.6. The number of benzene rings is 1. The summed E-state index contributed by atoms with van der Waals surface area (Å²) in [6, 6.07) is 7.61. The van der Waals surface area contributed by atoms with E-state index in [0.717, 1.165) is 37.7 Å². The van der Waals surface area contributed by atoms with Gasteiger partial charge in [-0.15, -0.1) is 13.2 Å². The number of β-amino-alcohol motifs (C(OH)–C–C–N with tert-alkyl or cyclic N) is 1. The highest BCUT2D eigenvalue weighted by molar-refractivity contribution is 9.09. The summed E-state index contributed by atoms with van der Waals surface area (Å²) in [7, 11) is 0. The van der Waals surface area contributed by atoms with E-state index in [2.05, 4.69) is 34.4 Å². The molecule has 1 unspecified atom stereocenters. The van der Waals surface area contributed by atoms with Crippen molar-refractivity contribution in [3.63, 3.8) is 0 Å². The van der Waals surface area contributed by atoms with Crippen LogP contribution in [0.4, 0.5) is 0 Å². The first kappa shape index (κ1) is 33.3. The summed E-state index contributed by atoms with van der Waals surface area (Å²) in [4.78, 5) is 58.2. The highest BCUT2D eigenvalue weighted by atomic mass is 79.9. The van der Waals surface area contributed by atoms with Crippen molar-refractivity contribution in [2.75, 3.05) is 26.3 Å². The number of fused-ring (bicyclic) bond motifs is 1. The van der Waals surface area contributed by atoms with Gasteiger partial charge in [0, 0.05) is 30.4 Å². The Kier molecular flexibility index (Phi) is 10.8. The number of alkyl halides is 1. The van der Waals surface area contributed by atoms with Crippen LogP contribution in [0, 0.1) is 11.8 Å². The summed E-state index contributed by atoms with van der Waals surface area (Å²) in [5, 5.41) is 13.0. The first-order valence-corrected chi connectivity index (χ1v) is 16.9. The van der Waals surface area contributed by atoms with Crippen LogP contribution in [-0.2, 0) is 28.7 Å². The second-order valence-corrected chi connectivity index (χ2v) is 13.6. The maximum atomic E-state index is 14.5. The van der Waals surface area contributed by atoms with Gasteiger partial charge in [0.05, 0.1) is 30.6 Å². The Labute approximate surface area is 273 Å². The number of hydrogen-bond donors (Lipinski definition) is 2. The molecule has 1 spiro atoms. The predicted octanol–water partition coefficient (Wildman–Crippen LogP) is 3.44. The van der Waals surface area contributed by atoms with E-state index in [-0.39, 0.29) is 48.9 Å². The van der Waals surface area contributed by atoms with Crippen molar-refractivity contribution in [3.05, 3.63) is 61.2 Å². The molecule has 4 aliphatic rings. The van der Waals surface area contributed by atoms with Crippen molar-refractivity contribution in [1.82, 2.24) is 15.1 Å². The van der Waals surface area contributed by atoms with Crippen molar-refractivity contribution in [3.8, 4) is 0 Å². The topological polar surface area (TPSA) is 125 Å². The Morgan fingerprint density at radius 2 is 1.91 bits per heavy atom. The number of esters is 1. The molecule has 1 saturated carbocycles. The standard InChI is InChI=1S/C34H44BrN3O7/c1-3-5-16-26(40)44-21-25(22-12-8-6-9-13-22)36-31(41)27-28-32(42)38(18-19-39)30(34(28)20-24(35)29(27)45-34)33(43)37(17-4-2)23-14-10-7-11-15-23/h3-4,6,8-9,12-13,23-25,27-30,39H,1-2,5,7,10-11,14-21H2,(H,36,41)/t24?,25-,27+,28-,29+,30+,34-/m1/s1. The van der Waals surface area contributed by atoms with Crippen molar-refractivity contribution in [2.45, 2.75) is 86.0 Å². The zero-order valence-corrected chi connectivity index (χ0v) is 27.2. The minimum absolute atomic E-state index is 0.0315. The van der Waals surface area contributed by atoms with Crippen LogP contribution >= 0.6 is 15.9 Å². The Balaban J connectivity index is 1.43. The van der Waals surface area contributed by atoms with Gasteiger partial charge in [0.1, 0.15) is 18.2 Å². The lowest BCUT2D eigenvalue weighted by molar-refractivity contribution is -0.150. The van der Waals surface area contributed by atoms with Gasteiger partial charge in [0.15, 0.2) is 0 Å². The fraction of sp³-hybridized carbons (Fsp3) is 0.588. The van der Waals surface area contributed by atoms with Gasteiger partial charge in [0.25, 0.3) is 0 Å². The summed E-state index contributed by atoms with van der Waals surface area (Å²) in [5.41, 5.74) is -0.477. The van der Waals surface area contributed by atoms with Gasteiger partial charge in [-0.1, -0.05) is 77.7 Å². The van der Waals surface area contributed by atoms with E-state index in [1.807, 2.05) is 35.2 Å². The third kappa shape index (κ3) is 6.49. The molecule has 0 radical (unpaired) electrons. The molecule has 45 heavy (non-hydrogen) atoms. The number of nitrogens with one attached hydrogen (secondary N) is 1. The molecule has 11 heteroatoms. The summed E-state index contributed by atoms with van der Waals surface area (Å²) in [6.07, 6.45) is 8.70. The van der Waals surface area contributed by atoms with Gasteiger partial charge in [-0.05, 0) is 31.2 Å². The molecular weight excluding hydrogens is 642 g/mol. The molecule has 244 valence electrons. The zero-order chi connectivity index (χ0) is 32.1. The van der Waals surface area contributed by atoms with Crippen LogP contribution in [0.15, 0.2) is 55.6 Å². The van der Waals surface area contributed by atoms with Crippen LogP contribution in [0.1, 0.15) is 63.0 Å². The van der Waals surface area contributed by atoms with Crippen LogP contribution in [0.3, 0.4) is 0 Å². The number of nitrogens with zero attached hydrogens (tertiary/aromatic N) is 2. The van der Waals surface area contributed by atoms with E-state index in [1.54, 1.807) is 12.2 Å². The monoisotopic (exact) mass is 685 g/mol. The maximum absolute atomic E-state index is 14.5. The molecule has 7 atom stereocenters. The molecular formula is C34H44BrN3O7. The van der Waals surface area contributed by atoms with E-state index in [4.69, 9.17) is 9.47 Å². The van der Waals surface area contributed by atoms with Crippen molar-refractivity contribution in [1.29, 1.82) is 0 Å². The summed E-state index contributed by atoms with van der Waals surface area (Å²) in [6.45, 7) is 7.42. The Hall–Kier alpha value is -3.02. The normalized spacial score (nSPS) is 29.6. The summed E-state index contributed by atoms with van der Waals surface area (Å²) >= 11 is 3.72. The van der Waals surface area contributed by atoms with Gasteiger partial charge in [-0.3, -0.25) is 19.2 Å². The van der Waals surface area contributed by atoms with Crippen molar-refractivity contribution < 1.29 is 33.8 Å². The van der Waals surface area contributed by atoms with Crippen molar-refractivity contribution in [2.24, 2.45) is 11.8 Å². The molecule has 4 fully saturated rings. The van der Waals surface area contributed by atoms with Crippen LogP contribution < -0.4 is 5.32 Å². The highest BCUT2D eigenvalue weighted by Crippen LogP contribution is 2.60. The lowest BCUT2D eigenvalue weighted by Crippen LogP contribution is -2.59. The molecule has 2 bridgehead atoms. The molecule has 1 aliphatic carbocycles. The van der Waals surface area contributed by atoms with Gasteiger partial charge in [-0.2, -0.15) is 0 Å². The number of rotatable bonds is 14.